The predicted octanol–water partition coefficient (Wildman–Crippen LogP) is 1.78. The van der Waals surface area contributed by atoms with Gasteiger partial charge in [-0.3, -0.25) is 0 Å². The maximum Gasteiger partial charge on any atom is 0.0791 e. The van der Waals surface area contributed by atoms with Gasteiger partial charge in [-0.2, -0.15) is 0 Å². The number of aliphatic hydroxyl groups excluding tert-OH is 2. The Bertz CT molecular complexity index is 116. The van der Waals surface area contributed by atoms with E-state index in [2.05, 4.69) is 0 Å². The summed E-state index contributed by atoms with van der Waals surface area (Å²) in [6.45, 7) is 1.93. The van der Waals surface area contributed by atoms with Crippen LogP contribution in [-0.4, -0.2) is 16.3 Å². The Morgan fingerprint density at radius 2 is 2.10 bits per heavy atom. The molecule has 0 saturated heterocycles. The van der Waals surface area contributed by atoms with Crippen LogP contribution in [0, 0.1) is 0 Å². The minimum absolute atomic E-state index is 0.247. The van der Waals surface area contributed by atoms with Crippen molar-refractivity contribution in [1.29, 1.82) is 0 Å². The summed E-state index contributed by atoms with van der Waals surface area (Å²) in [5.74, 6) is 0. The van der Waals surface area contributed by atoms with Crippen molar-refractivity contribution in [3.63, 3.8) is 0 Å². The summed E-state index contributed by atoms with van der Waals surface area (Å²) in [7, 11) is 0. The maximum absolute atomic E-state index is 9.02. The lowest BCUT2D eigenvalue weighted by molar-refractivity contribution is 0.174. The fraction of sp³-hybridized carbons (Fsp3) is 0.500. The molecule has 0 amide bonds. The zero-order valence-corrected chi connectivity index (χ0v) is 6.20. The molecule has 2 N–H and O–H groups in total. The van der Waals surface area contributed by atoms with Crippen molar-refractivity contribution in [2.24, 2.45) is 0 Å². The molecular weight excluding hydrogens is 128 g/mol. The van der Waals surface area contributed by atoms with Crippen molar-refractivity contribution in [1.82, 2.24) is 0 Å². The zero-order valence-electron chi connectivity index (χ0n) is 6.20. The number of hydrogen-bond donors (Lipinski definition) is 2. The van der Waals surface area contributed by atoms with Crippen LogP contribution in [0.3, 0.4) is 0 Å². The monoisotopic (exact) mass is 142 g/mol. The Morgan fingerprint density at radius 3 is 2.60 bits per heavy atom. The van der Waals surface area contributed by atoms with Crippen LogP contribution in [0.5, 0.6) is 0 Å². The third-order valence-corrected chi connectivity index (χ3v) is 1.21. The molecule has 0 aromatic carbocycles. The first-order chi connectivity index (χ1) is 4.81. The molecule has 0 bridgehead atoms. The van der Waals surface area contributed by atoms with Crippen LogP contribution in [0.4, 0.5) is 0 Å². The van der Waals surface area contributed by atoms with Crippen molar-refractivity contribution < 1.29 is 10.2 Å². The highest BCUT2D eigenvalue weighted by atomic mass is 16.3. The molecule has 1 unspecified atom stereocenters. The molecule has 0 rings (SSSR count). The van der Waals surface area contributed by atoms with E-state index in [-0.39, 0.29) is 6.10 Å². The Labute approximate surface area is 61.5 Å². The number of allylic oxidation sites excluding steroid dienone is 2. The molecule has 0 aliphatic carbocycles. The van der Waals surface area contributed by atoms with E-state index in [0.29, 0.717) is 6.42 Å². The summed E-state index contributed by atoms with van der Waals surface area (Å²) >= 11 is 0. The molecule has 0 radical (unpaired) electrons. The molecule has 10 heavy (non-hydrogen) atoms. The standard InChI is InChI=1S/C8H14O2/c1-2-8(10)6-4-3-5-7-9/h3-5,7-10H,2,6H2,1H3. The lowest BCUT2D eigenvalue weighted by Crippen LogP contribution is -2.00. The van der Waals surface area contributed by atoms with Crippen LogP contribution < -0.4 is 0 Å². The Kier molecular flexibility index (Phi) is 5.88. The van der Waals surface area contributed by atoms with E-state index in [1.807, 2.05) is 13.0 Å². The first-order valence-electron chi connectivity index (χ1n) is 3.45. The molecule has 2 nitrogen and oxygen atoms in total. The first-order valence-corrected chi connectivity index (χ1v) is 3.45. The third kappa shape index (κ3) is 5.38. The van der Waals surface area contributed by atoms with Crippen LogP contribution in [0.25, 0.3) is 0 Å². The number of rotatable bonds is 4. The molecule has 0 saturated carbocycles. The first kappa shape index (κ1) is 9.24. The highest BCUT2D eigenvalue weighted by Gasteiger charge is 1.93. The summed E-state index contributed by atoms with van der Waals surface area (Å²) in [6.07, 6.45) is 7.19. The van der Waals surface area contributed by atoms with Gasteiger partial charge < -0.3 is 10.2 Å². The molecule has 0 fully saturated rings. The molecule has 0 aliphatic rings. The second-order valence-electron chi connectivity index (χ2n) is 2.07. The largest absolute Gasteiger partial charge is 0.516 e. The van der Waals surface area contributed by atoms with E-state index in [0.717, 1.165) is 12.7 Å². The highest BCUT2D eigenvalue weighted by molar-refractivity contribution is 4.99. The van der Waals surface area contributed by atoms with Crippen LogP contribution in [0.1, 0.15) is 19.8 Å². The second kappa shape index (κ2) is 6.36. The normalized spacial score (nSPS) is 15.0. The van der Waals surface area contributed by atoms with E-state index in [1.54, 1.807) is 6.08 Å². The third-order valence-electron chi connectivity index (χ3n) is 1.21. The van der Waals surface area contributed by atoms with Gasteiger partial charge in [0.15, 0.2) is 0 Å². The van der Waals surface area contributed by atoms with E-state index < -0.39 is 0 Å². The van der Waals surface area contributed by atoms with Crippen LogP contribution >= 0.6 is 0 Å². The molecule has 58 valence electrons. The average Bonchev–Trinajstić information content (AvgIpc) is 1.98. The highest BCUT2D eigenvalue weighted by Crippen LogP contribution is 1.96. The van der Waals surface area contributed by atoms with E-state index in [4.69, 9.17) is 10.2 Å². The summed E-state index contributed by atoms with van der Waals surface area (Å²) in [5.41, 5.74) is 0. The van der Waals surface area contributed by atoms with E-state index in [1.165, 1.54) is 6.08 Å². The van der Waals surface area contributed by atoms with Crippen molar-refractivity contribution in [2.45, 2.75) is 25.9 Å². The molecule has 0 aromatic rings. The maximum atomic E-state index is 9.02. The molecule has 0 spiro atoms. The van der Waals surface area contributed by atoms with E-state index in [9.17, 15) is 0 Å². The Morgan fingerprint density at radius 1 is 1.40 bits per heavy atom. The molecule has 2 heteroatoms. The fourth-order valence-corrected chi connectivity index (χ4v) is 0.531. The lowest BCUT2D eigenvalue weighted by atomic mass is 10.2. The smallest absolute Gasteiger partial charge is 0.0791 e. The van der Waals surface area contributed by atoms with Crippen LogP contribution in [0.2, 0.25) is 0 Å². The van der Waals surface area contributed by atoms with Gasteiger partial charge in [0.05, 0.1) is 12.4 Å². The van der Waals surface area contributed by atoms with Gasteiger partial charge in [-0.05, 0) is 18.9 Å². The number of hydrogen-bond acceptors (Lipinski definition) is 2. The fourth-order valence-electron chi connectivity index (χ4n) is 0.531. The number of aliphatic hydroxyl groups is 2. The van der Waals surface area contributed by atoms with Gasteiger partial charge in [0.1, 0.15) is 0 Å². The summed E-state index contributed by atoms with van der Waals surface area (Å²) in [6, 6.07) is 0. The lowest BCUT2D eigenvalue weighted by Gasteiger charge is -2.00. The summed E-state index contributed by atoms with van der Waals surface area (Å²) in [5, 5.41) is 17.2. The summed E-state index contributed by atoms with van der Waals surface area (Å²) < 4.78 is 0. The molecule has 1 atom stereocenters. The Hall–Kier alpha value is -0.760. The van der Waals surface area contributed by atoms with Crippen molar-refractivity contribution >= 4 is 0 Å². The topological polar surface area (TPSA) is 40.5 Å². The van der Waals surface area contributed by atoms with Gasteiger partial charge in [0.25, 0.3) is 0 Å². The van der Waals surface area contributed by atoms with Gasteiger partial charge in [0.2, 0.25) is 0 Å². The minimum Gasteiger partial charge on any atom is -0.516 e. The molecular formula is C8H14O2. The van der Waals surface area contributed by atoms with Crippen LogP contribution in [0.15, 0.2) is 24.5 Å². The molecule has 0 aromatic heterocycles. The van der Waals surface area contributed by atoms with Gasteiger partial charge in [-0.1, -0.05) is 19.1 Å². The van der Waals surface area contributed by atoms with Gasteiger partial charge in [-0.15, -0.1) is 0 Å². The van der Waals surface area contributed by atoms with E-state index >= 15 is 0 Å². The predicted molar refractivity (Wildman–Crippen MR) is 41.8 cm³/mol. The van der Waals surface area contributed by atoms with Crippen molar-refractivity contribution in [3.05, 3.63) is 24.5 Å². The molecule has 0 aliphatic heterocycles. The van der Waals surface area contributed by atoms with Crippen molar-refractivity contribution in [3.8, 4) is 0 Å². The Balaban J connectivity index is 3.33. The van der Waals surface area contributed by atoms with Gasteiger partial charge >= 0.3 is 0 Å². The molecule has 0 heterocycles. The van der Waals surface area contributed by atoms with Gasteiger partial charge in [-0.25, -0.2) is 0 Å². The minimum atomic E-state index is -0.247. The van der Waals surface area contributed by atoms with Crippen LogP contribution in [-0.2, 0) is 0 Å². The van der Waals surface area contributed by atoms with Crippen molar-refractivity contribution in [2.75, 3.05) is 0 Å². The zero-order chi connectivity index (χ0) is 7.82. The SMILES string of the molecule is CCC(O)CC=CC=CO. The quantitative estimate of drug-likeness (QED) is 0.464. The second-order valence-corrected chi connectivity index (χ2v) is 2.07. The average molecular weight is 142 g/mol. The summed E-state index contributed by atoms with van der Waals surface area (Å²) in [4.78, 5) is 0. The van der Waals surface area contributed by atoms with Gasteiger partial charge in [0, 0.05) is 0 Å².